The van der Waals surface area contributed by atoms with Gasteiger partial charge in [0.15, 0.2) is 11.5 Å². The molecule has 0 unspecified atom stereocenters. The summed E-state index contributed by atoms with van der Waals surface area (Å²) in [5.74, 6) is 1.50. The standard InChI is InChI=1S/C14H17N3O3/c1-3-19-11-6-5-10(9-12(11)20-4-2)14(18)16-13-7-8-15-17-13/h5-9H,3-4H2,1-2H3,(H2,15,16,17,18). The second-order valence-corrected chi connectivity index (χ2v) is 3.95. The van der Waals surface area contributed by atoms with Gasteiger partial charge in [0.25, 0.3) is 5.91 Å². The highest BCUT2D eigenvalue weighted by Crippen LogP contribution is 2.28. The highest BCUT2D eigenvalue weighted by Gasteiger charge is 2.12. The lowest BCUT2D eigenvalue weighted by Gasteiger charge is -2.12. The average Bonchev–Trinajstić information content (AvgIpc) is 2.94. The maximum atomic E-state index is 12.1. The number of anilines is 1. The van der Waals surface area contributed by atoms with Gasteiger partial charge < -0.3 is 14.8 Å². The highest BCUT2D eigenvalue weighted by atomic mass is 16.5. The zero-order valence-electron chi connectivity index (χ0n) is 11.5. The molecule has 0 saturated carbocycles. The number of aromatic amines is 1. The molecule has 0 aliphatic rings. The van der Waals surface area contributed by atoms with E-state index in [-0.39, 0.29) is 5.91 Å². The molecule has 1 amide bonds. The first-order valence-electron chi connectivity index (χ1n) is 6.45. The average molecular weight is 275 g/mol. The van der Waals surface area contributed by atoms with E-state index in [2.05, 4.69) is 15.5 Å². The fourth-order valence-electron chi connectivity index (χ4n) is 1.71. The van der Waals surface area contributed by atoms with Crippen LogP contribution in [0.3, 0.4) is 0 Å². The summed E-state index contributed by atoms with van der Waals surface area (Å²) in [5.41, 5.74) is 0.492. The summed E-state index contributed by atoms with van der Waals surface area (Å²) in [6.45, 7) is 4.83. The third kappa shape index (κ3) is 3.28. The maximum absolute atomic E-state index is 12.1. The summed E-state index contributed by atoms with van der Waals surface area (Å²) in [6.07, 6.45) is 1.57. The number of H-pyrrole nitrogens is 1. The van der Waals surface area contributed by atoms with Crippen molar-refractivity contribution in [2.24, 2.45) is 0 Å². The van der Waals surface area contributed by atoms with Crippen LogP contribution in [0.4, 0.5) is 5.82 Å². The number of hydrogen-bond donors (Lipinski definition) is 2. The first-order chi connectivity index (χ1) is 9.74. The van der Waals surface area contributed by atoms with E-state index in [0.29, 0.717) is 36.1 Å². The maximum Gasteiger partial charge on any atom is 0.256 e. The molecule has 0 atom stereocenters. The fraction of sp³-hybridized carbons (Fsp3) is 0.286. The van der Waals surface area contributed by atoms with Gasteiger partial charge in [0.1, 0.15) is 5.82 Å². The van der Waals surface area contributed by atoms with Crippen LogP contribution in [0.2, 0.25) is 0 Å². The molecule has 6 nitrogen and oxygen atoms in total. The van der Waals surface area contributed by atoms with Gasteiger partial charge in [-0.1, -0.05) is 0 Å². The van der Waals surface area contributed by atoms with Crippen LogP contribution in [0.15, 0.2) is 30.5 Å². The van der Waals surface area contributed by atoms with Crippen LogP contribution < -0.4 is 14.8 Å². The minimum absolute atomic E-state index is 0.238. The van der Waals surface area contributed by atoms with Crippen molar-refractivity contribution < 1.29 is 14.3 Å². The van der Waals surface area contributed by atoms with Crippen LogP contribution in [0.1, 0.15) is 24.2 Å². The molecule has 6 heteroatoms. The molecular weight excluding hydrogens is 258 g/mol. The molecule has 0 spiro atoms. The number of ether oxygens (including phenoxy) is 2. The number of rotatable bonds is 6. The normalized spacial score (nSPS) is 10.1. The van der Waals surface area contributed by atoms with Gasteiger partial charge in [-0.25, -0.2) is 0 Å². The van der Waals surface area contributed by atoms with Gasteiger partial charge in [-0.15, -0.1) is 0 Å². The summed E-state index contributed by atoms with van der Waals surface area (Å²) in [7, 11) is 0. The van der Waals surface area contributed by atoms with Crippen LogP contribution in [-0.2, 0) is 0 Å². The van der Waals surface area contributed by atoms with Gasteiger partial charge >= 0.3 is 0 Å². The number of carbonyl (C=O) groups excluding carboxylic acids is 1. The fourth-order valence-corrected chi connectivity index (χ4v) is 1.71. The van der Waals surface area contributed by atoms with Crippen molar-refractivity contribution in [3.05, 3.63) is 36.0 Å². The van der Waals surface area contributed by atoms with Crippen molar-refractivity contribution in [3.8, 4) is 11.5 Å². The monoisotopic (exact) mass is 275 g/mol. The molecule has 0 saturated heterocycles. The van der Waals surface area contributed by atoms with Gasteiger partial charge in [0.2, 0.25) is 0 Å². The van der Waals surface area contributed by atoms with E-state index < -0.39 is 0 Å². The molecule has 0 bridgehead atoms. The zero-order chi connectivity index (χ0) is 14.4. The van der Waals surface area contributed by atoms with Crippen LogP contribution in [0, 0.1) is 0 Å². The molecule has 0 radical (unpaired) electrons. The first kappa shape index (κ1) is 13.9. The lowest BCUT2D eigenvalue weighted by Crippen LogP contribution is -2.12. The number of nitrogens with one attached hydrogen (secondary N) is 2. The lowest BCUT2D eigenvalue weighted by molar-refractivity contribution is 0.102. The number of carbonyl (C=O) groups is 1. The van der Waals surface area contributed by atoms with Gasteiger partial charge in [0, 0.05) is 11.6 Å². The SMILES string of the molecule is CCOc1ccc(C(=O)Nc2ccn[nH]2)cc1OCC. The van der Waals surface area contributed by atoms with Crippen molar-refractivity contribution >= 4 is 11.7 Å². The number of amides is 1. The molecule has 0 fully saturated rings. The molecule has 1 aromatic carbocycles. The third-order valence-electron chi connectivity index (χ3n) is 2.55. The molecule has 0 aliphatic carbocycles. The molecule has 0 aliphatic heterocycles. The summed E-state index contributed by atoms with van der Waals surface area (Å²) >= 11 is 0. The van der Waals surface area contributed by atoms with Crippen LogP contribution in [0.5, 0.6) is 11.5 Å². The van der Waals surface area contributed by atoms with E-state index in [9.17, 15) is 4.79 Å². The molecule has 2 aromatic rings. The Kier molecular flexibility index (Phi) is 4.60. The lowest BCUT2D eigenvalue weighted by atomic mass is 10.2. The Labute approximate surface area is 117 Å². The summed E-state index contributed by atoms with van der Waals surface area (Å²) < 4.78 is 10.9. The Morgan fingerprint density at radius 2 is 1.95 bits per heavy atom. The van der Waals surface area contributed by atoms with E-state index in [1.807, 2.05) is 13.8 Å². The number of benzene rings is 1. The molecule has 106 valence electrons. The predicted molar refractivity (Wildman–Crippen MR) is 75.3 cm³/mol. The summed E-state index contributed by atoms with van der Waals surface area (Å²) in [6, 6.07) is 6.77. The second-order valence-electron chi connectivity index (χ2n) is 3.95. The van der Waals surface area contributed by atoms with Crippen molar-refractivity contribution in [1.29, 1.82) is 0 Å². The highest BCUT2D eigenvalue weighted by molar-refractivity contribution is 6.04. The quantitative estimate of drug-likeness (QED) is 0.849. The van der Waals surface area contributed by atoms with Crippen molar-refractivity contribution in [2.75, 3.05) is 18.5 Å². The zero-order valence-corrected chi connectivity index (χ0v) is 11.5. The topological polar surface area (TPSA) is 76.2 Å². The van der Waals surface area contributed by atoms with Gasteiger partial charge in [-0.2, -0.15) is 5.10 Å². The molecule has 2 rings (SSSR count). The Balaban J connectivity index is 2.19. The minimum atomic E-state index is -0.238. The van der Waals surface area contributed by atoms with Gasteiger partial charge in [-0.3, -0.25) is 9.89 Å². The Morgan fingerprint density at radius 3 is 2.60 bits per heavy atom. The first-order valence-corrected chi connectivity index (χ1v) is 6.45. The largest absolute Gasteiger partial charge is 0.490 e. The Bertz CT molecular complexity index is 567. The Hall–Kier alpha value is -2.50. The predicted octanol–water partition coefficient (Wildman–Crippen LogP) is 2.46. The van der Waals surface area contributed by atoms with E-state index in [0.717, 1.165) is 0 Å². The number of nitrogens with zero attached hydrogens (tertiary/aromatic N) is 1. The number of aromatic nitrogens is 2. The molecule has 1 heterocycles. The smallest absolute Gasteiger partial charge is 0.256 e. The molecule has 2 N–H and O–H groups in total. The van der Waals surface area contributed by atoms with E-state index in [1.165, 1.54) is 0 Å². The van der Waals surface area contributed by atoms with E-state index >= 15 is 0 Å². The van der Waals surface area contributed by atoms with E-state index in [4.69, 9.17) is 9.47 Å². The Morgan fingerprint density at radius 1 is 1.20 bits per heavy atom. The van der Waals surface area contributed by atoms with Crippen LogP contribution in [0.25, 0.3) is 0 Å². The van der Waals surface area contributed by atoms with Gasteiger partial charge in [0.05, 0.1) is 19.4 Å². The third-order valence-corrected chi connectivity index (χ3v) is 2.55. The van der Waals surface area contributed by atoms with Crippen LogP contribution in [-0.4, -0.2) is 29.3 Å². The van der Waals surface area contributed by atoms with Crippen molar-refractivity contribution in [1.82, 2.24) is 10.2 Å². The molecule has 20 heavy (non-hydrogen) atoms. The van der Waals surface area contributed by atoms with Crippen molar-refractivity contribution in [2.45, 2.75) is 13.8 Å². The number of hydrogen-bond acceptors (Lipinski definition) is 4. The van der Waals surface area contributed by atoms with E-state index in [1.54, 1.807) is 30.5 Å². The molecule has 1 aromatic heterocycles. The van der Waals surface area contributed by atoms with Gasteiger partial charge in [-0.05, 0) is 32.0 Å². The summed E-state index contributed by atoms with van der Waals surface area (Å²) in [5, 5.41) is 9.15. The molecular formula is C14H17N3O3. The minimum Gasteiger partial charge on any atom is -0.490 e. The summed E-state index contributed by atoms with van der Waals surface area (Å²) in [4.78, 5) is 12.1. The second kappa shape index (κ2) is 6.60. The van der Waals surface area contributed by atoms with Crippen molar-refractivity contribution in [3.63, 3.8) is 0 Å². The van der Waals surface area contributed by atoms with Crippen LogP contribution >= 0.6 is 0 Å².